The van der Waals surface area contributed by atoms with Gasteiger partial charge in [0.1, 0.15) is 0 Å². The van der Waals surface area contributed by atoms with Crippen molar-refractivity contribution in [1.82, 2.24) is 4.57 Å². The number of hydrogen-bond donors (Lipinski definition) is 0. The minimum atomic E-state index is -3.39. The first-order valence-corrected chi connectivity index (χ1v) is 9.04. The molecule has 1 aromatic carbocycles. The maximum Gasteiger partial charge on any atom is 0.189 e. The van der Waals surface area contributed by atoms with Crippen LogP contribution in [0.5, 0.6) is 0 Å². The van der Waals surface area contributed by atoms with Crippen LogP contribution in [0.25, 0.3) is 0 Å². The fraction of sp³-hybridized carbons (Fsp3) is 0.294. The van der Waals surface area contributed by atoms with Crippen molar-refractivity contribution in [2.24, 2.45) is 0 Å². The molecule has 1 aliphatic heterocycles. The molecular weight excluding hydrogens is 312 g/mol. The summed E-state index contributed by atoms with van der Waals surface area (Å²) in [5.41, 5.74) is -0.303. The van der Waals surface area contributed by atoms with Crippen LogP contribution in [-0.2, 0) is 21.8 Å². The van der Waals surface area contributed by atoms with Crippen molar-refractivity contribution in [3.05, 3.63) is 53.9 Å². The first-order chi connectivity index (χ1) is 10.9. The Morgan fingerprint density at radius 1 is 1.35 bits per heavy atom. The Bertz CT molecular complexity index is 921. The standard InChI is InChI=1S/C17H16N2O3S/c1-2-23(21,22)14-6-3-5-13(11-14)16(20)17(12-18)8-10-19-9-4-7-15(17)19/h3-7,9,11H,2,8,10H2,1H3. The van der Waals surface area contributed by atoms with Gasteiger partial charge in [0.25, 0.3) is 0 Å². The Hall–Kier alpha value is -2.39. The molecule has 0 aliphatic carbocycles. The van der Waals surface area contributed by atoms with Gasteiger partial charge in [-0.2, -0.15) is 5.26 Å². The van der Waals surface area contributed by atoms with Crippen LogP contribution in [0.2, 0.25) is 0 Å². The molecule has 2 heterocycles. The number of aromatic nitrogens is 1. The van der Waals surface area contributed by atoms with Gasteiger partial charge in [-0.05, 0) is 30.7 Å². The Morgan fingerprint density at radius 2 is 2.13 bits per heavy atom. The molecule has 6 heteroatoms. The van der Waals surface area contributed by atoms with Crippen LogP contribution in [0.1, 0.15) is 29.4 Å². The second-order valence-corrected chi connectivity index (χ2v) is 7.89. The highest BCUT2D eigenvalue weighted by Gasteiger charge is 2.46. The van der Waals surface area contributed by atoms with Crippen LogP contribution < -0.4 is 0 Å². The number of nitrogens with zero attached hydrogens (tertiary/aromatic N) is 2. The molecule has 1 atom stereocenters. The minimum Gasteiger partial charge on any atom is -0.350 e. The zero-order chi connectivity index (χ0) is 16.7. The predicted octanol–water partition coefficient (Wildman–Crippen LogP) is 2.33. The Balaban J connectivity index is 2.09. The lowest BCUT2D eigenvalue weighted by Crippen LogP contribution is -2.32. The van der Waals surface area contributed by atoms with Crippen molar-refractivity contribution in [3.8, 4) is 6.07 Å². The van der Waals surface area contributed by atoms with Gasteiger partial charge in [-0.25, -0.2) is 8.42 Å². The molecule has 0 fully saturated rings. The summed E-state index contributed by atoms with van der Waals surface area (Å²) in [6, 6.07) is 11.7. The smallest absolute Gasteiger partial charge is 0.189 e. The van der Waals surface area contributed by atoms with Crippen LogP contribution >= 0.6 is 0 Å². The van der Waals surface area contributed by atoms with Crippen molar-refractivity contribution >= 4 is 15.6 Å². The van der Waals surface area contributed by atoms with E-state index in [2.05, 4.69) is 6.07 Å². The minimum absolute atomic E-state index is 0.0309. The van der Waals surface area contributed by atoms with Crippen LogP contribution in [0.4, 0.5) is 0 Å². The highest BCUT2D eigenvalue weighted by Crippen LogP contribution is 2.38. The van der Waals surface area contributed by atoms with Crippen molar-refractivity contribution in [2.45, 2.75) is 30.2 Å². The van der Waals surface area contributed by atoms with Crippen LogP contribution in [0, 0.1) is 11.3 Å². The van der Waals surface area contributed by atoms with E-state index in [9.17, 15) is 18.5 Å². The van der Waals surface area contributed by atoms with E-state index in [1.165, 1.54) is 12.1 Å². The van der Waals surface area contributed by atoms with Crippen molar-refractivity contribution in [1.29, 1.82) is 5.26 Å². The first kappa shape index (κ1) is 15.5. The third-order valence-electron chi connectivity index (χ3n) is 4.41. The number of ketones is 1. The van der Waals surface area contributed by atoms with Gasteiger partial charge < -0.3 is 4.57 Å². The monoisotopic (exact) mass is 328 g/mol. The molecular formula is C17H16N2O3S. The molecule has 0 radical (unpaired) electrons. The van der Waals surface area contributed by atoms with Gasteiger partial charge in [-0.3, -0.25) is 4.79 Å². The number of carbonyl (C=O) groups is 1. The highest BCUT2D eigenvalue weighted by molar-refractivity contribution is 7.91. The normalized spacial score (nSPS) is 20.0. The summed E-state index contributed by atoms with van der Waals surface area (Å²) in [5, 5.41) is 9.69. The van der Waals surface area contributed by atoms with E-state index in [1.807, 2.05) is 16.8 Å². The fourth-order valence-corrected chi connectivity index (χ4v) is 3.98. The lowest BCUT2D eigenvalue weighted by Gasteiger charge is -2.19. The maximum absolute atomic E-state index is 13.0. The summed E-state index contributed by atoms with van der Waals surface area (Å²) < 4.78 is 25.9. The van der Waals surface area contributed by atoms with Crippen LogP contribution in [0.3, 0.4) is 0 Å². The second-order valence-electron chi connectivity index (χ2n) is 5.61. The summed E-state index contributed by atoms with van der Waals surface area (Å²) in [7, 11) is -3.39. The maximum atomic E-state index is 13.0. The Morgan fingerprint density at radius 3 is 2.83 bits per heavy atom. The first-order valence-electron chi connectivity index (χ1n) is 7.39. The van der Waals surface area contributed by atoms with E-state index in [0.29, 0.717) is 18.7 Å². The van der Waals surface area contributed by atoms with Gasteiger partial charge >= 0.3 is 0 Å². The number of fused-ring (bicyclic) bond motifs is 1. The summed E-state index contributed by atoms with van der Waals surface area (Å²) in [6.07, 6.45) is 2.25. The van der Waals surface area contributed by atoms with E-state index in [1.54, 1.807) is 25.1 Å². The van der Waals surface area contributed by atoms with Crippen molar-refractivity contribution < 1.29 is 13.2 Å². The Kier molecular flexibility index (Phi) is 3.61. The van der Waals surface area contributed by atoms with E-state index >= 15 is 0 Å². The zero-order valence-corrected chi connectivity index (χ0v) is 13.5. The number of aryl methyl sites for hydroxylation is 1. The lowest BCUT2D eigenvalue weighted by molar-refractivity contribution is 0.0921. The molecule has 0 bridgehead atoms. The zero-order valence-electron chi connectivity index (χ0n) is 12.7. The summed E-state index contributed by atoms with van der Waals surface area (Å²) >= 11 is 0. The summed E-state index contributed by atoms with van der Waals surface area (Å²) in [6.45, 7) is 2.17. The van der Waals surface area contributed by atoms with Gasteiger partial charge in [0.05, 0.1) is 16.7 Å². The van der Waals surface area contributed by atoms with Gasteiger partial charge in [-0.15, -0.1) is 0 Å². The Labute approximate surface area is 135 Å². The van der Waals surface area contributed by atoms with Gasteiger partial charge in [0.15, 0.2) is 21.0 Å². The molecule has 1 aromatic heterocycles. The SMILES string of the molecule is CCS(=O)(=O)c1cccc(C(=O)C2(C#N)CCn3cccc32)c1. The largest absolute Gasteiger partial charge is 0.350 e. The number of sulfone groups is 1. The number of carbonyl (C=O) groups excluding carboxylic acids is 1. The summed E-state index contributed by atoms with van der Waals surface area (Å²) in [4.78, 5) is 13.1. The molecule has 0 saturated heterocycles. The molecule has 0 spiro atoms. The summed E-state index contributed by atoms with van der Waals surface area (Å²) in [5.74, 6) is -0.373. The topological polar surface area (TPSA) is 79.9 Å². The van der Waals surface area contributed by atoms with E-state index < -0.39 is 15.3 Å². The van der Waals surface area contributed by atoms with Gasteiger partial charge in [0, 0.05) is 24.0 Å². The number of hydrogen-bond acceptors (Lipinski definition) is 4. The van der Waals surface area contributed by atoms with E-state index in [-0.39, 0.29) is 22.0 Å². The average Bonchev–Trinajstić information content (AvgIpc) is 3.17. The van der Waals surface area contributed by atoms with Crippen LogP contribution in [-0.4, -0.2) is 24.5 Å². The molecule has 118 valence electrons. The van der Waals surface area contributed by atoms with Gasteiger partial charge in [-0.1, -0.05) is 19.1 Å². The molecule has 2 aromatic rings. The molecule has 1 unspecified atom stereocenters. The third kappa shape index (κ3) is 2.28. The van der Waals surface area contributed by atoms with E-state index in [4.69, 9.17) is 0 Å². The third-order valence-corrected chi connectivity index (χ3v) is 6.14. The molecule has 23 heavy (non-hydrogen) atoms. The second kappa shape index (κ2) is 5.36. The number of Topliss-reactive ketones (excluding diaryl/α,β-unsaturated/α-hetero) is 1. The predicted molar refractivity (Wildman–Crippen MR) is 84.8 cm³/mol. The quantitative estimate of drug-likeness (QED) is 0.807. The molecule has 5 nitrogen and oxygen atoms in total. The molecule has 3 rings (SSSR count). The molecule has 1 aliphatic rings. The number of nitriles is 1. The van der Waals surface area contributed by atoms with Crippen molar-refractivity contribution in [2.75, 3.05) is 5.75 Å². The number of rotatable bonds is 4. The molecule has 0 saturated carbocycles. The average molecular weight is 328 g/mol. The van der Waals surface area contributed by atoms with Crippen LogP contribution in [0.15, 0.2) is 47.5 Å². The molecule has 0 N–H and O–H groups in total. The van der Waals surface area contributed by atoms with Crippen molar-refractivity contribution in [3.63, 3.8) is 0 Å². The fourth-order valence-electron chi connectivity index (χ4n) is 3.05. The lowest BCUT2D eigenvalue weighted by atomic mass is 9.78. The molecule has 0 amide bonds. The number of benzene rings is 1. The van der Waals surface area contributed by atoms with Gasteiger partial charge in [0.2, 0.25) is 0 Å². The highest BCUT2D eigenvalue weighted by atomic mass is 32.2. The van der Waals surface area contributed by atoms with E-state index in [0.717, 1.165) is 0 Å².